The Kier molecular flexibility index (Phi) is 4.52. The Labute approximate surface area is 162 Å². The molecule has 8 heteroatoms. The summed E-state index contributed by atoms with van der Waals surface area (Å²) in [7, 11) is 0. The summed E-state index contributed by atoms with van der Waals surface area (Å²) in [6.07, 6.45) is 1.41. The fourth-order valence-corrected chi connectivity index (χ4v) is 2.99. The van der Waals surface area contributed by atoms with Gasteiger partial charge in [0.25, 0.3) is 11.5 Å². The number of benzene rings is 2. The van der Waals surface area contributed by atoms with Crippen LogP contribution in [0.15, 0.2) is 71.7 Å². The number of hydrogen-bond acceptors (Lipinski definition) is 4. The maximum absolute atomic E-state index is 13.7. The number of aromatic hydroxyl groups is 1. The van der Waals surface area contributed by atoms with Crippen LogP contribution >= 0.6 is 0 Å². The molecule has 2 aromatic carbocycles. The topological polar surface area (TPSA) is 84.2 Å². The second-order valence-corrected chi connectivity index (χ2v) is 6.18. The fraction of sp³-hybridized carbons (Fsp3) is 0. The summed E-state index contributed by atoms with van der Waals surface area (Å²) in [4.78, 5) is 30.0. The Morgan fingerprint density at radius 1 is 1.00 bits per heavy atom. The van der Waals surface area contributed by atoms with Crippen LogP contribution in [0.3, 0.4) is 0 Å². The molecule has 0 fully saturated rings. The largest absolute Gasteiger partial charge is 0.506 e. The molecular formula is C21H13F2N3O3. The van der Waals surface area contributed by atoms with E-state index in [2.05, 4.69) is 10.3 Å². The summed E-state index contributed by atoms with van der Waals surface area (Å²) in [5, 5.41) is 13.2. The van der Waals surface area contributed by atoms with Gasteiger partial charge in [0, 0.05) is 11.9 Å². The summed E-state index contributed by atoms with van der Waals surface area (Å²) in [6, 6.07) is 13.2. The van der Waals surface area contributed by atoms with Crippen molar-refractivity contribution in [3.63, 3.8) is 0 Å². The normalized spacial score (nSPS) is 10.8. The Morgan fingerprint density at radius 2 is 1.76 bits per heavy atom. The minimum atomic E-state index is -0.894. The number of fused-ring (bicyclic) bond motifs is 1. The quantitative estimate of drug-likeness (QED) is 0.557. The van der Waals surface area contributed by atoms with Crippen LogP contribution in [-0.2, 0) is 0 Å². The van der Waals surface area contributed by atoms with Crippen molar-refractivity contribution in [3.05, 3.63) is 94.4 Å². The van der Waals surface area contributed by atoms with Gasteiger partial charge in [-0.3, -0.25) is 14.2 Å². The van der Waals surface area contributed by atoms with E-state index >= 15 is 0 Å². The molecule has 4 aromatic rings. The molecule has 29 heavy (non-hydrogen) atoms. The molecule has 2 N–H and O–H groups in total. The second-order valence-electron chi connectivity index (χ2n) is 6.18. The molecule has 0 aliphatic carbocycles. The third kappa shape index (κ3) is 3.31. The zero-order valence-corrected chi connectivity index (χ0v) is 14.8. The number of halogens is 2. The summed E-state index contributed by atoms with van der Waals surface area (Å²) in [5.41, 5.74) is -0.967. The van der Waals surface area contributed by atoms with E-state index in [1.165, 1.54) is 48.7 Å². The highest BCUT2D eigenvalue weighted by atomic mass is 19.1. The van der Waals surface area contributed by atoms with Crippen molar-refractivity contribution in [3.8, 4) is 11.4 Å². The lowest BCUT2D eigenvalue weighted by molar-refractivity contribution is 0.102. The van der Waals surface area contributed by atoms with Crippen molar-refractivity contribution in [2.24, 2.45) is 0 Å². The number of amides is 1. The molecule has 144 valence electrons. The number of hydrogen-bond donors (Lipinski definition) is 2. The van der Waals surface area contributed by atoms with Gasteiger partial charge in [-0.15, -0.1) is 0 Å². The Balaban J connectivity index is 1.94. The predicted molar refractivity (Wildman–Crippen MR) is 103 cm³/mol. The number of rotatable bonds is 3. The van der Waals surface area contributed by atoms with Gasteiger partial charge in [-0.05, 0) is 54.6 Å². The summed E-state index contributed by atoms with van der Waals surface area (Å²) in [5.74, 6) is -2.51. The van der Waals surface area contributed by atoms with E-state index in [0.29, 0.717) is 0 Å². The van der Waals surface area contributed by atoms with Gasteiger partial charge in [0.1, 0.15) is 22.9 Å². The van der Waals surface area contributed by atoms with Gasteiger partial charge in [-0.25, -0.2) is 13.8 Å². The molecule has 0 saturated heterocycles. The zero-order valence-electron chi connectivity index (χ0n) is 14.8. The van der Waals surface area contributed by atoms with E-state index in [1.807, 2.05) is 0 Å². The third-order valence-electron chi connectivity index (χ3n) is 4.30. The van der Waals surface area contributed by atoms with Crippen LogP contribution in [0.1, 0.15) is 10.4 Å². The predicted octanol–water partition coefficient (Wildman–Crippen LogP) is 3.62. The van der Waals surface area contributed by atoms with Crippen LogP contribution in [0, 0.1) is 11.6 Å². The average molecular weight is 393 g/mol. The van der Waals surface area contributed by atoms with Crippen LogP contribution in [0.2, 0.25) is 0 Å². The zero-order chi connectivity index (χ0) is 20.5. The lowest BCUT2D eigenvalue weighted by atomic mass is 10.1. The highest BCUT2D eigenvalue weighted by molar-refractivity contribution is 6.08. The maximum Gasteiger partial charge on any atom is 0.273 e. The van der Waals surface area contributed by atoms with Crippen LogP contribution in [0.25, 0.3) is 16.7 Å². The molecule has 0 aliphatic rings. The lowest BCUT2D eigenvalue weighted by Gasteiger charge is -2.14. The van der Waals surface area contributed by atoms with Gasteiger partial charge in [0.05, 0.1) is 11.1 Å². The summed E-state index contributed by atoms with van der Waals surface area (Å²) >= 11 is 0. The van der Waals surface area contributed by atoms with E-state index in [1.54, 1.807) is 0 Å². The first-order chi connectivity index (χ1) is 14.0. The van der Waals surface area contributed by atoms with Crippen molar-refractivity contribution in [1.29, 1.82) is 0 Å². The van der Waals surface area contributed by atoms with E-state index < -0.39 is 34.4 Å². The van der Waals surface area contributed by atoms with E-state index in [0.717, 1.165) is 22.8 Å². The summed E-state index contributed by atoms with van der Waals surface area (Å²) < 4.78 is 27.9. The molecule has 0 unspecified atom stereocenters. The van der Waals surface area contributed by atoms with Crippen LogP contribution in [-0.4, -0.2) is 20.6 Å². The number of aromatic nitrogens is 2. The highest BCUT2D eigenvalue weighted by Crippen LogP contribution is 2.27. The van der Waals surface area contributed by atoms with Crippen molar-refractivity contribution < 1.29 is 18.7 Å². The SMILES string of the molecule is O=C(Nc1ccc(F)cc1)c1c(O)c2cccnc2n(-c2cccc(F)c2)c1=O. The number of carbonyl (C=O) groups is 1. The Bertz CT molecular complexity index is 1300. The molecule has 0 atom stereocenters. The number of carbonyl (C=O) groups excluding carboxylic acids is 1. The van der Waals surface area contributed by atoms with Gasteiger partial charge in [0.2, 0.25) is 0 Å². The third-order valence-corrected chi connectivity index (χ3v) is 4.30. The molecular weight excluding hydrogens is 380 g/mol. The molecule has 0 radical (unpaired) electrons. The van der Waals surface area contributed by atoms with Gasteiger partial charge < -0.3 is 10.4 Å². The van der Waals surface area contributed by atoms with E-state index in [-0.39, 0.29) is 22.4 Å². The van der Waals surface area contributed by atoms with Gasteiger partial charge >= 0.3 is 0 Å². The van der Waals surface area contributed by atoms with Crippen molar-refractivity contribution in [2.45, 2.75) is 0 Å². The van der Waals surface area contributed by atoms with Gasteiger partial charge in [0.15, 0.2) is 5.65 Å². The molecule has 0 bridgehead atoms. The standard InChI is InChI=1S/C21H13F2N3O3/c22-12-6-8-14(9-7-12)25-20(28)17-18(27)16-5-2-10-24-19(16)26(21(17)29)15-4-1-3-13(23)11-15/h1-11,27H,(H,25,28). The number of nitrogens with one attached hydrogen (secondary N) is 1. The molecule has 0 aliphatic heterocycles. The van der Waals surface area contributed by atoms with Crippen molar-refractivity contribution in [1.82, 2.24) is 9.55 Å². The van der Waals surface area contributed by atoms with Crippen molar-refractivity contribution >= 4 is 22.6 Å². The van der Waals surface area contributed by atoms with Crippen molar-refractivity contribution in [2.75, 3.05) is 5.32 Å². The maximum atomic E-state index is 13.7. The summed E-state index contributed by atoms with van der Waals surface area (Å²) in [6.45, 7) is 0. The number of nitrogens with zero attached hydrogens (tertiary/aromatic N) is 2. The monoisotopic (exact) mass is 393 g/mol. The van der Waals surface area contributed by atoms with Gasteiger partial charge in [-0.1, -0.05) is 6.07 Å². The molecule has 2 heterocycles. The number of anilines is 1. The minimum absolute atomic E-state index is 0.0685. The number of pyridine rings is 2. The first kappa shape index (κ1) is 18.3. The Hall–Kier alpha value is -4.07. The first-order valence-corrected chi connectivity index (χ1v) is 8.51. The average Bonchev–Trinajstić information content (AvgIpc) is 2.70. The molecule has 0 spiro atoms. The van der Waals surface area contributed by atoms with E-state index in [4.69, 9.17) is 0 Å². The fourth-order valence-electron chi connectivity index (χ4n) is 2.99. The second kappa shape index (κ2) is 7.16. The molecule has 6 nitrogen and oxygen atoms in total. The van der Waals surface area contributed by atoms with Crippen LogP contribution in [0.4, 0.5) is 14.5 Å². The highest BCUT2D eigenvalue weighted by Gasteiger charge is 2.23. The smallest absolute Gasteiger partial charge is 0.273 e. The lowest BCUT2D eigenvalue weighted by Crippen LogP contribution is -2.29. The molecule has 0 saturated carbocycles. The molecule has 2 aromatic heterocycles. The molecule has 4 rings (SSSR count). The Morgan fingerprint density at radius 3 is 2.48 bits per heavy atom. The first-order valence-electron chi connectivity index (χ1n) is 8.51. The minimum Gasteiger partial charge on any atom is -0.506 e. The molecule has 1 amide bonds. The van der Waals surface area contributed by atoms with Crippen LogP contribution < -0.4 is 10.9 Å². The van der Waals surface area contributed by atoms with Crippen LogP contribution in [0.5, 0.6) is 5.75 Å². The van der Waals surface area contributed by atoms with E-state index in [9.17, 15) is 23.5 Å². The van der Waals surface area contributed by atoms with Gasteiger partial charge in [-0.2, -0.15) is 0 Å².